The van der Waals surface area contributed by atoms with E-state index in [2.05, 4.69) is 5.32 Å². The van der Waals surface area contributed by atoms with Crippen LogP contribution < -0.4 is 10.1 Å². The Labute approximate surface area is 144 Å². The number of carbonyl (C=O) groups excluding carboxylic acids is 2. The number of fused-ring (bicyclic) bond motifs is 1. The first-order valence-corrected chi connectivity index (χ1v) is 8.62. The minimum atomic E-state index is -0.399. The molecule has 24 heavy (non-hydrogen) atoms. The molecule has 0 aliphatic heterocycles. The highest BCUT2D eigenvalue weighted by molar-refractivity contribution is 7.17. The van der Waals surface area contributed by atoms with E-state index in [9.17, 15) is 9.59 Å². The standard InChI is InChI=1S/C18H19NO4S/c1-11-6-8-12(9-7-11)23-10-15(20)19-17-16(18(21)22-2)13-4-3-5-14(13)24-17/h6-9H,3-5,10H2,1-2H3,(H,19,20). The number of amides is 1. The summed E-state index contributed by atoms with van der Waals surface area (Å²) >= 11 is 1.46. The first-order chi connectivity index (χ1) is 11.6. The van der Waals surface area contributed by atoms with E-state index in [1.54, 1.807) is 0 Å². The molecule has 0 atom stereocenters. The second-order valence-corrected chi connectivity index (χ2v) is 6.81. The molecule has 1 aromatic carbocycles. The molecule has 126 valence electrons. The molecule has 3 rings (SSSR count). The summed E-state index contributed by atoms with van der Waals surface area (Å²) in [6, 6.07) is 7.49. The third kappa shape index (κ3) is 3.43. The molecule has 1 N–H and O–H groups in total. The highest BCUT2D eigenvalue weighted by atomic mass is 32.1. The van der Waals surface area contributed by atoms with Gasteiger partial charge in [-0.25, -0.2) is 4.79 Å². The van der Waals surface area contributed by atoms with Crippen LogP contribution in [0.5, 0.6) is 5.75 Å². The van der Waals surface area contributed by atoms with Crippen LogP contribution in [0.3, 0.4) is 0 Å². The summed E-state index contributed by atoms with van der Waals surface area (Å²) in [5.41, 5.74) is 2.64. The van der Waals surface area contributed by atoms with Crippen LogP contribution in [0.25, 0.3) is 0 Å². The van der Waals surface area contributed by atoms with Crippen LogP contribution in [0.2, 0.25) is 0 Å². The summed E-state index contributed by atoms with van der Waals surface area (Å²) in [6.45, 7) is 1.88. The minimum Gasteiger partial charge on any atom is -0.484 e. The first-order valence-electron chi connectivity index (χ1n) is 7.80. The number of methoxy groups -OCH3 is 1. The van der Waals surface area contributed by atoms with E-state index < -0.39 is 5.97 Å². The molecule has 0 saturated heterocycles. The second-order valence-electron chi connectivity index (χ2n) is 5.70. The zero-order valence-corrected chi connectivity index (χ0v) is 14.5. The summed E-state index contributed by atoms with van der Waals surface area (Å²) < 4.78 is 10.3. The zero-order chi connectivity index (χ0) is 17.1. The molecule has 0 radical (unpaired) electrons. The molecule has 0 spiro atoms. The molecular formula is C18H19NO4S. The molecule has 6 heteroatoms. The Morgan fingerprint density at radius 1 is 1.21 bits per heavy atom. The van der Waals surface area contributed by atoms with Crippen molar-refractivity contribution < 1.29 is 19.1 Å². The summed E-state index contributed by atoms with van der Waals surface area (Å²) in [4.78, 5) is 25.4. The van der Waals surface area contributed by atoms with E-state index in [1.807, 2.05) is 31.2 Å². The molecular weight excluding hydrogens is 326 g/mol. The van der Waals surface area contributed by atoms with E-state index in [4.69, 9.17) is 9.47 Å². The van der Waals surface area contributed by atoms with Crippen molar-refractivity contribution in [3.63, 3.8) is 0 Å². The van der Waals surface area contributed by atoms with Gasteiger partial charge in [0.2, 0.25) is 0 Å². The van der Waals surface area contributed by atoms with Gasteiger partial charge >= 0.3 is 5.97 Å². The lowest BCUT2D eigenvalue weighted by atomic mass is 10.1. The molecule has 2 aromatic rings. The predicted molar refractivity (Wildman–Crippen MR) is 93.0 cm³/mol. The Bertz CT molecular complexity index is 764. The Morgan fingerprint density at radius 2 is 1.96 bits per heavy atom. The van der Waals surface area contributed by atoms with Crippen molar-refractivity contribution in [3.05, 3.63) is 45.8 Å². The Balaban J connectivity index is 1.68. The number of ether oxygens (including phenoxy) is 2. The normalized spacial score (nSPS) is 12.6. The van der Waals surface area contributed by atoms with Crippen LogP contribution >= 0.6 is 11.3 Å². The number of aryl methyl sites for hydroxylation is 2. The van der Waals surface area contributed by atoms with Gasteiger partial charge in [0.25, 0.3) is 5.91 Å². The molecule has 1 aliphatic carbocycles. The second kappa shape index (κ2) is 7.05. The van der Waals surface area contributed by atoms with Gasteiger partial charge in [-0.05, 0) is 43.9 Å². The van der Waals surface area contributed by atoms with Crippen LogP contribution in [0.1, 0.15) is 32.8 Å². The lowest BCUT2D eigenvalue weighted by Crippen LogP contribution is -2.21. The number of esters is 1. The third-order valence-electron chi connectivity index (χ3n) is 3.95. The van der Waals surface area contributed by atoms with E-state index in [1.165, 1.54) is 18.4 Å². The molecule has 0 unspecified atom stereocenters. The topological polar surface area (TPSA) is 64.6 Å². The van der Waals surface area contributed by atoms with Gasteiger partial charge in [0, 0.05) is 4.88 Å². The molecule has 1 aromatic heterocycles. The van der Waals surface area contributed by atoms with Gasteiger partial charge in [-0.2, -0.15) is 0 Å². The molecule has 0 bridgehead atoms. The summed E-state index contributed by atoms with van der Waals surface area (Å²) in [5.74, 6) is -0.0533. The van der Waals surface area contributed by atoms with Crippen LogP contribution in [0, 0.1) is 6.92 Å². The average molecular weight is 345 g/mol. The van der Waals surface area contributed by atoms with Gasteiger partial charge in [0.15, 0.2) is 6.61 Å². The van der Waals surface area contributed by atoms with Crippen LogP contribution in [-0.4, -0.2) is 25.6 Å². The number of benzene rings is 1. The molecule has 5 nitrogen and oxygen atoms in total. The number of rotatable bonds is 5. The minimum absolute atomic E-state index is 0.105. The van der Waals surface area contributed by atoms with Crippen molar-refractivity contribution in [1.82, 2.24) is 0 Å². The number of hydrogen-bond acceptors (Lipinski definition) is 5. The number of thiophene rings is 1. The van der Waals surface area contributed by atoms with Crippen molar-refractivity contribution in [1.29, 1.82) is 0 Å². The summed E-state index contributed by atoms with van der Waals surface area (Å²) in [5, 5.41) is 3.35. The summed E-state index contributed by atoms with van der Waals surface area (Å²) in [7, 11) is 1.35. The van der Waals surface area contributed by atoms with Crippen molar-refractivity contribution in [2.24, 2.45) is 0 Å². The van der Waals surface area contributed by atoms with Gasteiger partial charge < -0.3 is 14.8 Å². The number of anilines is 1. The fraction of sp³-hybridized carbons (Fsp3) is 0.333. The van der Waals surface area contributed by atoms with E-state index >= 15 is 0 Å². The van der Waals surface area contributed by atoms with Crippen LogP contribution in [0.15, 0.2) is 24.3 Å². The lowest BCUT2D eigenvalue weighted by molar-refractivity contribution is -0.118. The maximum absolute atomic E-state index is 12.2. The molecule has 1 amide bonds. The number of nitrogens with one attached hydrogen (secondary N) is 1. The Morgan fingerprint density at radius 3 is 2.67 bits per heavy atom. The summed E-state index contributed by atoms with van der Waals surface area (Å²) in [6.07, 6.45) is 2.83. The van der Waals surface area contributed by atoms with E-state index in [-0.39, 0.29) is 12.5 Å². The fourth-order valence-electron chi connectivity index (χ4n) is 2.76. The monoisotopic (exact) mass is 345 g/mol. The number of hydrogen-bond donors (Lipinski definition) is 1. The van der Waals surface area contributed by atoms with E-state index in [0.29, 0.717) is 16.3 Å². The largest absolute Gasteiger partial charge is 0.484 e. The molecule has 1 heterocycles. The van der Waals surface area contributed by atoms with Crippen molar-refractivity contribution in [3.8, 4) is 5.75 Å². The highest BCUT2D eigenvalue weighted by Gasteiger charge is 2.28. The third-order valence-corrected chi connectivity index (χ3v) is 5.16. The van der Waals surface area contributed by atoms with Gasteiger partial charge in [0.05, 0.1) is 12.7 Å². The quantitative estimate of drug-likeness (QED) is 0.844. The zero-order valence-electron chi connectivity index (χ0n) is 13.7. The van der Waals surface area contributed by atoms with Gasteiger partial charge in [-0.3, -0.25) is 4.79 Å². The fourth-order valence-corrected chi connectivity index (χ4v) is 4.05. The maximum atomic E-state index is 12.2. The van der Waals surface area contributed by atoms with Crippen molar-refractivity contribution >= 4 is 28.2 Å². The molecule has 0 fully saturated rings. The van der Waals surface area contributed by atoms with E-state index in [0.717, 1.165) is 35.3 Å². The van der Waals surface area contributed by atoms with Gasteiger partial charge in [-0.1, -0.05) is 17.7 Å². The lowest BCUT2D eigenvalue weighted by Gasteiger charge is -2.08. The predicted octanol–water partition coefficient (Wildman–Crippen LogP) is 3.35. The maximum Gasteiger partial charge on any atom is 0.341 e. The SMILES string of the molecule is COC(=O)c1c(NC(=O)COc2ccc(C)cc2)sc2c1CCC2. The molecule has 0 saturated carbocycles. The van der Waals surface area contributed by atoms with Crippen LogP contribution in [-0.2, 0) is 22.4 Å². The first kappa shape index (κ1) is 16.5. The van der Waals surface area contributed by atoms with Crippen molar-refractivity contribution in [2.75, 3.05) is 19.0 Å². The van der Waals surface area contributed by atoms with Crippen LogP contribution in [0.4, 0.5) is 5.00 Å². The highest BCUT2D eigenvalue weighted by Crippen LogP contribution is 2.39. The Kier molecular flexibility index (Phi) is 4.85. The number of carbonyl (C=O) groups is 2. The molecule has 1 aliphatic rings. The van der Waals surface area contributed by atoms with Gasteiger partial charge in [-0.15, -0.1) is 11.3 Å². The Hall–Kier alpha value is -2.34. The van der Waals surface area contributed by atoms with Gasteiger partial charge in [0.1, 0.15) is 10.8 Å². The average Bonchev–Trinajstić information content (AvgIpc) is 3.14. The van der Waals surface area contributed by atoms with Crippen molar-refractivity contribution in [2.45, 2.75) is 26.2 Å². The smallest absolute Gasteiger partial charge is 0.341 e.